The second-order valence-electron chi connectivity index (χ2n) is 1.83. The van der Waals surface area contributed by atoms with E-state index < -0.39 is 5.83 Å². The molecule has 0 bridgehead atoms. The highest BCUT2D eigenvalue weighted by Crippen LogP contribution is 2.13. The molecule has 0 aromatic heterocycles. The van der Waals surface area contributed by atoms with Crippen molar-refractivity contribution in [2.45, 2.75) is 20.8 Å². The Balaban J connectivity index is 0. The first-order valence-electron chi connectivity index (χ1n) is 4.15. The van der Waals surface area contributed by atoms with Crippen LogP contribution in [0.5, 0.6) is 0 Å². The van der Waals surface area contributed by atoms with E-state index in [4.69, 9.17) is 10.5 Å². The van der Waals surface area contributed by atoms with Gasteiger partial charge >= 0.3 is 0 Å². The number of nitrogens with two attached hydrogens (primary N) is 1. The minimum atomic E-state index is -0.553. The molecule has 76 valence electrons. The molecule has 0 aliphatic heterocycles. The maximum absolute atomic E-state index is 12.7. The molecule has 3 heteroatoms. The first-order chi connectivity index (χ1) is 6.17. The quantitative estimate of drug-likeness (QED) is 0.544. The Bertz CT molecular complexity index is 207. The fraction of sp³-hybridized carbons (Fsp3) is 0.400. The number of hydrogen-bond acceptors (Lipinski definition) is 2. The molecule has 0 unspecified atom stereocenters. The van der Waals surface area contributed by atoms with E-state index in [9.17, 15) is 4.39 Å². The number of rotatable bonds is 3. The van der Waals surface area contributed by atoms with Crippen LogP contribution in [0.4, 0.5) is 4.39 Å². The van der Waals surface area contributed by atoms with Gasteiger partial charge in [-0.05, 0) is 13.0 Å². The molecule has 0 fully saturated rings. The molecule has 0 radical (unpaired) electrons. The number of allylic oxidation sites excluding steroid dienone is 3. The molecule has 0 rings (SSSR count). The van der Waals surface area contributed by atoms with Crippen LogP contribution in [0.1, 0.15) is 20.8 Å². The molecule has 0 aliphatic rings. The van der Waals surface area contributed by atoms with Crippen molar-refractivity contribution >= 4 is 0 Å². The van der Waals surface area contributed by atoms with Crippen LogP contribution in [0.2, 0.25) is 0 Å². The topological polar surface area (TPSA) is 35.2 Å². The van der Waals surface area contributed by atoms with Crippen molar-refractivity contribution in [2.75, 3.05) is 7.11 Å². The van der Waals surface area contributed by atoms with Gasteiger partial charge in [-0.1, -0.05) is 26.5 Å². The van der Waals surface area contributed by atoms with Gasteiger partial charge in [-0.15, -0.1) is 0 Å². The molecule has 0 amide bonds. The Morgan fingerprint density at radius 1 is 1.46 bits per heavy atom. The summed E-state index contributed by atoms with van der Waals surface area (Å²) in [6.07, 6.45) is 2.61. The van der Waals surface area contributed by atoms with Gasteiger partial charge in [0.25, 0.3) is 0 Å². The number of ether oxygens (including phenoxy) is 1. The van der Waals surface area contributed by atoms with Crippen molar-refractivity contribution in [3.63, 3.8) is 0 Å². The van der Waals surface area contributed by atoms with Crippen LogP contribution >= 0.6 is 0 Å². The lowest BCUT2D eigenvalue weighted by Gasteiger charge is -2.05. The Morgan fingerprint density at radius 3 is 2.15 bits per heavy atom. The molecule has 13 heavy (non-hydrogen) atoms. The normalized spacial score (nSPS) is 12.2. The van der Waals surface area contributed by atoms with Crippen LogP contribution in [0.3, 0.4) is 0 Å². The van der Waals surface area contributed by atoms with E-state index in [1.165, 1.54) is 7.11 Å². The molecule has 0 aromatic carbocycles. The van der Waals surface area contributed by atoms with Gasteiger partial charge in [-0.2, -0.15) is 0 Å². The fourth-order valence-corrected chi connectivity index (χ4v) is 0.577. The van der Waals surface area contributed by atoms with Crippen molar-refractivity contribution in [2.24, 2.45) is 5.73 Å². The van der Waals surface area contributed by atoms with Gasteiger partial charge in [0.1, 0.15) is 0 Å². The van der Waals surface area contributed by atoms with E-state index in [1.807, 2.05) is 13.8 Å². The minimum Gasteiger partial charge on any atom is -0.492 e. The third-order valence-electron chi connectivity index (χ3n) is 1.17. The summed E-state index contributed by atoms with van der Waals surface area (Å²) in [7, 11) is 1.36. The van der Waals surface area contributed by atoms with E-state index in [1.54, 1.807) is 13.0 Å². The molecule has 0 aromatic rings. The summed E-state index contributed by atoms with van der Waals surface area (Å²) in [5.41, 5.74) is 5.66. The smallest absolute Gasteiger partial charge is 0.177 e. The monoisotopic (exact) mass is 187 g/mol. The summed E-state index contributed by atoms with van der Waals surface area (Å²) in [5, 5.41) is 0. The van der Waals surface area contributed by atoms with Gasteiger partial charge in [-0.3, -0.25) is 0 Å². The molecular weight excluding hydrogens is 169 g/mol. The van der Waals surface area contributed by atoms with E-state index in [-0.39, 0.29) is 11.5 Å². The lowest BCUT2D eigenvalue weighted by atomic mass is 10.3. The lowest BCUT2D eigenvalue weighted by molar-refractivity contribution is 0.286. The van der Waals surface area contributed by atoms with E-state index in [2.05, 4.69) is 6.58 Å². The number of halogens is 1. The molecule has 0 atom stereocenters. The summed E-state index contributed by atoms with van der Waals surface area (Å²) >= 11 is 0. The predicted octanol–water partition coefficient (Wildman–Crippen LogP) is 2.89. The van der Waals surface area contributed by atoms with Crippen molar-refractivity contribution in [1.82, 2.24) is 0 Å². The van der Waals surface area contributed by atoms with Crippen LogP contribution in [-0.4, -0.2) is 7.11 Å². The van der Waals surface area contributed by atoms with Crippen LogP contribution in [0.15, 0.2) is 36.0 Å². The van der Waals surface area contributed by atoms with Crippen LogP contribution in [-0.2, 0) is 4.74 Å². The molecule has 0 heterocycles. The minimum absolute atomic E-state index is 0.0301. The van der Waals surface area contributed by atoms with Gasteiger partial charge < -0.3 is 10.5 Å². The first-order valence-corrected chi connectivity index (χ1v) is 4.15. The van der Waals surface area contributed by atoms with E-state index in [0.29, 0.717) is 0 Å². The van der Waals surface area contributed by atoms with Gasteiger partial charge in [0.15, 0.2) is 11.6 Å². The maximum atomic E-state index is 12.7. The van der Waals surface area contributed by atoms with Crippen molar-refractivity contribution in [3.05, 3.63) is 36.0 Å². The van der Waals surface area contributed by atoms with Crippen LogP contribution in [0.25, 0.3) is 0 Å². The van der Waals surface area contributed by atoms with Gasteiger partial charge in [0, 0.05) is 0 Å². The van der Waals surface area contributed by atoms with E-state index >= 15 is 0 Å². The molecule has 2 nitrogen and oxygen atoms in total. The maximum Gasteiger partial charge on any atom is 0.177 e. The van der Waals surface area contributed by atoms with Gasteiger partial charge in [-0.25, -0.2) is 4.39 Å². The SMILES string of the molecule is C=C/C(F)=C(OC)\C(N)=C/C.CC. The number of methoxy groups -OCH3 is 1. The summed E-state index contributed by atoms with van der Waals surface area (Å²) in [6, 6.07) is 0. The van der Waals surface area contributed by atoms with Crippen LogP contribution < -0.4 is 5.73 Å². The Kier molecular flexibility index (Phi) is 9.72. The highest BCUT2D eigenvalue weighted by molar-refractivity contribution is 5.29. The Labute approximate surface area is 79.6 Å². The van der Waals surface area contributed by atoms with Crippen LogP contribution in [0, 0.1) is 0 Å². The highest BCUT2D eigenvalue weighted by atomic mass is 19.1. The average Bonchev–Trinajstić information content (AvgIpc) is 2.21. The molecule has 0 saturated carbocycles. The Hall–Kier alpha value is -1.25. The summed E-state index contributed by atoms with van der Waals surface area (Å²) in [5.74, 6) is -0.523. The third kappa shape index (κ3) is 5.06. The highest BCUT2D eigenvalue weighted by Gasteiger charge is 2.04. The molecule has 2 N–H and O–H groups in total. The van der Waals surface area contributed by atoms with Crippen molar-refractivity contribution < 1.29 is 9.13 Å². The summed E-state index contributed by atoms with van der Waals surface area (Å²) < 4.78 is 17.4. The first kappa shape index (κ1) is 14.3. The van der Waals surface area contributed by atoms with Crippen molar-refractivity contribution in [3.8, 4) is 0 Å². The number of hydrogen-bond donors (Lipinski definition) is 1. The zero-order valence-electron chi connectivity index (χ0n) is 8.73. The molecular formula is C10H18FNO. The Morgan fingerprint density at radius 2 is 1.92 bits per heavy atom. The lowest BCUT2D eigenvalue weighted by Crippen LogP contribution is -2.03. The second kappa shape index (κ2) is 8.84. The van der Waals surface area contributed by atoms with Gasteiger partial charge in [0.2, 0.25) is 0 Å². The third-order valence-corrected chi connectivity index (χ3v) is 1.17. The largest absolute Gasteiger partial charge is 0.492 e. The second-order valence-corrected chi connectivity index (χ2v) is 1.83. The van der Waals surface area contributed by atoms with Crippen molar-refractivity contribution in [1.29, 1.82) is 0 Å². The molecule has 0 spiro atoms. The molecule has 0 saturated heterocycles. The standard InChI is InChI=1S/C8H12FNO.C2H6/c1-4-6(9)8(11-3)7(10)5-2;1-2/h4-5H,1,10H2,2-3H3;1-2H3/b7-5+,8-6-;. The summed E-state index contributed by atoms with van der Waals surface area (Å²) in [4.78, 5) is 0. The summed E-state index contributed by atoms with van der Waals surface area (Å²) in [6.45, 7) is 8.95. The molecule has 0 aliphatic carbocycles. The zero-order chi connectivity index (χ0) is 10.9. The zero-order valence-corrected chi connectivity index (χ0v) is 8.73. The fourth-order valence-electron chi connectivity index (χ4n) is 0.577. The predicted molar refractivity (Wildman–Crippen MR) is 54.6 cm³/mol. The van der Waals surface area contributed by atoms with E-state index in [0.717, 1.165) is 6.08 Å². The van der Waals surface area contributed by atoms with Gasteiger partial charge in [0.05, 0.1) is 12.8 Å². The average molecular weight is 187 g/mol.